The lowest BCUT2D eigenvalue weighted by Gasteiger charge is -2.28. The molecule has 0 aromatic rings. The highest BCUT2D eigenvalue weighted by Gasteiger charge is 2.23. The Balaban J connectivity index is 1.74. The minimum Gasteiger partial charge on any atom is -0.378 e. The zero-order valence-corrected chi connectivity index (χ0v) is 11.4. The van der Waals surface area contributed by atoms with E-state index in [1.54, 1.807) is 0 Å². The molecule has 2 nitrogen and oxygen atoms in total. The van der Waals surface area contributed by atoms with Crippen molar-refractivity contribution in [1.29, 1.82) is 0 Å². The van der Waals surface area contributed by atoms with Gasteiger partial charge in [-0.25, -0.2) is 0 Å². The first-order valence-corrected chi connectivity index (χ1v) is 7.73. The molecule has 0 spiro atoms. The van der Waals surface area contributed by atoms with Crippen LogP contribution in [-0.2, 0) is 4.74 Å². The van der Waals surface area contributed by atoms with Gasteiger partial charge >= 0.3 is 0 Å². The molecule has 1 saturated carbocycles. The average Bonchev–Trinajstić information content (AvgIpc) is 2.83. The van der Waals surface area contributed by atoms with Gasteiger partial charge in [0.05, 0.1) is 6.10 Å². The van der Waals surface area contributed by atoms with Gasteiger partial charge < -0.3 is 10.1 Å². The molecule has 2 atom stereocenters. The molecule has 2 fully saturated rings. The molecule has 1 heterocycles. The molecule has 0 bridgehead atoms. The van der Waals surface area contributed by atoms with E-state index in [9.17, 15) is 0 Å². The SMILES string of the molecule is CCNC(CC1CCCCC1)CC1CCCO1. The third-order valence-electron chi connectivity index (χ3n) is 4.41. The van der Waals surface area contributed by atoms with Crippen molar-refractivity contribution in [2.75, 3.05) is 13.2 Å². The Labute approximate surface area is 107 Å². The number of rotatable bonds is 6. The monoisotopic (exact) mass is 239 g/mol. The first kappa shape index (κ1) is 13.4. The summed E-state index contributed by atoms with van der Waals surface area (Å²) in [5, 5.41) is 3.68. The summed E-state index contributed by atoms with van der Waals surface area (Å²) in [6.45, 7) is 4.32. The average molecular weight is 239 g/mol. The number of ether oxygens (including phenoxy) is 1. The molecular formula is C15H29NO. The van der Waals surface area contributed by atoms with Crippen LogP contribution in [0, 0.1) is 5.92 Å². The third-order valence-corrected chi connectivity index (χ3v) is 4.41. The molecule has 0 aromatic carbocycles. The van der Waals surface area contributed by atoms with Crippen LogP contribution in [0.2, 0.25) is 0 Å². The largest absolute Gasteiger partial charge is 0.378 e. The van der Waals surface area contributed by atoms with E-state index in [1.807, 2.05) is 0 Å². The molecule has 2 heteroatoms. The summed E-state index contributed by atoms with van der Waals surface area (Å²) in [6.07, 6.45) is 13.0. The van der Waals surface area contributed by atoms with E-state index in [1.165, 1.54) is 57.8 Å². The van der Waals surface area contributed by atoms with Crippen molar-refractivity contribution in [3.8, 4) is 0 Å². The molecule has 2 unspecified atom stereocenters. The second kappa shape index (κ2) is 7.38. The molecule has 1 aliphatic carbocycles. The van der Waals surface area contributed by atoms with E-state index in [0.29, 0.717) is 12.1 Å². The molecule has 2 aliphatic rings. The van der Waals surface area contributed by atoms with Crippen LogP contribution in [-0.4, -0.2) is 25.3 Å². The van der Waals surface area contributed by atoms with Crippen LogP contribution in [0.5, 0.6) is 0 Å². The van der Waals surface area contributed by atoms with Crippen molar-refractivity contribution in [3.05, 3.63) is 0 Å². The summed E-state index contributed by atoms with van der Waals surface area (Å²) in [5.74, 6) is 0.981. The Morgan fingerprint density at radius 2 is 1.88 bits per heavy atom. The summed E-state index contributed by atoms with van der Waals surface area (Å²) in [5.41, 5.74) is 0. The predicted octanol–water partition coefficient (Wildman–Crippen LogP) is 3.50. The van der Waals surface area contributed by atoms with Gasteiger partial charge in [0.2, 0.25) is 0 Å². The van der Waals surface area contributed by atoms with Crippen LogP contribution < -0.4 is 5.32 Å². The van der Waals surface area contributed by atoms with Gasteiger partial charge in [0.25, 0.3) is 0 Å². The number of nitrogens with one attached hydrogen (secondary N) is 1. The highest BCUT2D eigenvalue weighted by Crippen LogP contribution is 2.29. The first-order chi connectivity index (χ1) is 8.38. The lowest BCUT2D eigenvalue weighted by atomic mass is 9.83. The van der Waals surface area contributed by atoms with Crippen molar-refractivity contribution in [1.82, 2.24) is 5.32 Å². The van der Waals surface area contributed by atoms with Gasteiger partial charge in [-0.05, 0) is 38.1 Å². The number of hydrogen-bond acceptors (Lipinski definition) is 2. The molecular weight excluding hydrogens is 210 g/mol. The Bertz CT molecular complexity index is 195. The summed E-state index contributed by atoms with van der Waals surface area (Å²) in [7, 11) is 0. The lowest BCUT2D eigenvalue weighted by Crippen LogP contribution is -2.34. The molecule has 0 amide bonds. The van der Waals surface area contributed by atoms with Crippen LogP contribution in [0.4, 0.5) is 0 Å². The maximum Gasteiger partial charge on any atom is 0.0590 e. The Hall–Kier alpha value is -0.0800. The van der Waals surface area contributed by atoms with Gasteiger partial charge in [-0.15, -0.1) is 0 Å². The van der Waals surface area contributed by atoms with Crippen LogP contribution in [0.1, 0.15) is 64.7 Å². The molecule has 1 saturated heterocycles. The standard InChI is InChI=1S/C15H29NO/c1-2-16-14(12-15-9-6-10-17-15)11-13-7-4-3-5-8-13/h13-16H,2-12H2,1H3. The molecule has 1 aliphatic heterocycles. The van der Waals surface area contributed by atoms with Crippen LogP contribution in [0.3, 0.4) is 0 Å². The summed E-state index contributed by atoms with van der Waals surface area (Å²) in [4.78, 5) is 0. The zero-order valence-electron chi connectivity index (χ0n) is 11.4. The van der Waals surface area contributed by atoms with E-state index in [2.05, 4.69) is 12.2 Å². The minimum atomic E-state index is 0.544. The van der Waals surface area contributed by atoms with Crippen molar-refractivity contribution in [2.24, 2.45) is 5.92 Å². The van der Waals surface area contributed by atoms with E-state index in [-0.39, 0.29) is 0 Å². The van der Waals surface area contributed by atoms with Gasteiger partial charge in [0.1, 0.15) is 0 Å². The molecule has 100 valence electrons. The van der Waals surface area contributed by atoms with Crippen molar-refractivity contribution >= 4 is 0 Å². The second-order valence-corrected chi connectivity index (χ2v) is 5.87. The normalized spacial score (nSPS) is 28.4. The summed E-state index contributed by atoms with van der Waals surface area (Å²) in [6, 6.07) is 0.700. The topological polar surface area (TPSA) is 21.3 Å². The minimum absolute atomic E-state index is 0.544. The Kier molecular flexibility index (Phi) is 5.79. The third kappa shape index (κ3) is 4.59. The van der Waals surface area contributed by atoms with Crippen LogP contribution in [0.25, 0.3) is 0 Å². The van der Waals surface area contributed by atoms with Gasteiger partial charge in [0, 0.05) is 12.6 Å². The number of hydrogen-bond donors (Lipinski definition) is 1. The van der Waals surface area contributed by atoms with Gasteiger partial charge in [-0.3, -0.25) is 0 Å². The van der Waals surface area contributed by atoms with Gasteiger partial charge in [-0.1, -0.05) is 39.0 Å². The van der Waals surface area contributed by atoms with E-state index >= 15 is 0 Å². The molecule has 1 N–H and O–H groups in total. The summed E-state index contributed by atoms with van der Waals surface area (Å²) >= 11 is 0. The smallest absolute Gasteiger partial charge is 0.0590 e. The molecule has 0 aromatic heterocycles. The molecule has 17 heavy (non-hydrogen) atoms. The van der Waals surface area contributed by atoms with Gasteiger partial charge in [-0.2, -0.15) is 0 Å². The summed E-state index contributed by atoms with van der Waals surface area (Å²) < 4.78 is 5.78. The predicted molar refractivity (Wildman–Crippen MR) is 72.2 cm³/mol. The highest BCUT2D eigenvalue weighted by molar-refractivity contribution is 4.79. The maximum atomic E-state index is 5.78. The first-order valence-electron chi connectivity index (χ1n) is 7.73. The fourth-order valence-corrected chi connectivity index (χ4v) is 3.52. The Morgan fingerprint density at radius 3 is 2.53 bits per heavy atom. The lowest BCUT2D eigenvalue weighted by molar-refractivity contribution is 0.0905. The molecule has 2 rings (SSSR count). The maximum absolute atomic E-state index is 5.78. The van der Waals surface area contributed by atoms with Crippen molar-refractivity contribution in [3.63, 3.8) is 0 Å². The van der Waals surface area contributed by atoms with Crippen LogP contribution in [0.15, 0.2) is 0 Å². The van der Waals surface area contributed by atoms with Crippen molar-refractivity contribution < 1.29 is 4.74 Å². The van der Waals surface area contributed by atoms with Gasteiger partial charge in [0.15, 0.2) is 0 Å². The Morgan fingerprint density at radius 1 is 1.06 bits per heavy atom. The molecule has 0 radical (unpaired) electrons. The van der Waals surface area contributed by atoms with Crippen molar-refractivity contribution in [2.45, 2.75) is 76.9 Å². The quantitative estimate of drug-likeness (QED) is 0.766. The fourth-order valence-electron chi connectivity index (χ4n) is 3.52. The highest BCUT2D eigenvalue weighted by atomic mass is 16.5. The van der Waals surface area contributed by atoms with E-state index in [4.69, 9.17) is 4.74 Å². The van der Waals surface area contributed by atoms with E-state index in [0.717, 1.165) is 19.1 Å². The fraction of sp³-hybridized carbons (Fsp3) is 1.00. The van der Waals surface area contributed by atoms with E-state index < -0.39 is 0 Å². The van der Waals surface area contributed by atoms with Crippen LogP contribution >= 0.6 is 0 Å². The second-order valence-electron chi connectivity index (χ2n) is 5.87. The zero-order chi connectivity index (χ0) is 11.9.